The lowest BCUT2D eigenvalue weighted by Gasteiger charge is -2.08. The van der Waals surface area contributed by atoms with Gasteiger partial charge in [0.05, 0.1) is 12.8 Å². The summed E-state index contributed by atoms with van der Waals surface area (Å²) in [7, 11) is 0. The van der Waals surface area contributed by atoms with Gasteiger partial charge in [-0.2, -0.15) is 0 Å². The fourth-order valence-electron chi connectivity index (χ4n) is 1.60. The molecule has 1 aliphatic rings. The van der Waals surface area contributed by atoms with Crippen LogP contribution in [0.1, 0.15) is 12.0 Å². The van der Waals surface area contributed by atoms with E-state index in [1.165, 1.54) is 0 Å². The van der Waals surface area contributed by atoms with Crippen LogP contribution in [-0.4, -0.2) is 28.7 Å². The van der Waals surface area contributed by atoms with Gasteiger partial charge in [-0.3, -0.25) is 24.7 Å². The number of imide groups is 1. The summed E-state index contributed by atoms with van der Waals surface area (Å²) in [5, 5.41) is 4.64. The molecular weight excluding hydrogens is 222 g/mol. The minimum atomic E-state index is -0.744. The lowest BCUT2D eigenvalue weighted by Crippen LogP contribution is -2.40. The second-order valence-corrected chi connectivity index (χ2v) is 3.77. The molecule has 0 bridgehead atoms. The molecule has 1 fully saturated rings. The number of amides is 3. The van der Waals surface area contributed by atoms with Gasteiger partial charge in [0.1, 0.15) is 6.04 Å². The highest BCUT2D eigenvalue weighted by atomic mass is 16.2. The minimum absolute atomic E-state index is 0.0115. The van der Waals surface area contributed by atoms with Crippen molar-refractivity contribution in [1.29, 1.82) is 0 Å². The number of aromatic nitrogens is 1. The zero-order valence-electron chi connectivity index (χ0n) is 8.97. The predicted octanol–water partition coefficient (Wildman–Crippen LogP) is -0.845. The Morgan fingerprint density at radius 1 is 1.53 bits per heavy atom. The summed E-state index contributed by atoms with van der Waals surface area (Å²) in [5.41, 5.74) is 0.759. The van der Waals surface area contributed by atoms with Gasteiger partial charge < -0.3 is 5.32 Å². The van der Waals surface area contributed by atoms with E-state index in [0.717, 1.165) is 5.56 Å². The summed E-state index contributed by atoms with van der Waals surface area (Å²) in [4.78, 5) is 37.6. The van der Waals surface area contributed by atoms with Crippen molar-refractivity contribution in [2.45, 2.75) is 18.9 Å². The van der Waals surface area contributed by atoms with E-state index in [4.69, 9.17) is 0 Å². The van der Waals surface area contributed by atoms with Crippen molar-refractivity contribution in [3.8, 4) is 0 Å². The molecule has 2 rings (SSSR count). The summed E-state index contributed by atoms with van der Waals surface area (Å²) >= 11 is 0. The Morgan fingerprint density at radius 3 is 2.94 bits per heavy atom. The number of nitrogens with one attached hydrogen (secondary N) is 2. The van der Waals surface area contributed by atoms with Crippen LogP contribution in [0.2, 0.25) is 0 Å². The molecule has 6 heteroatoms. The second-order valence-electron chi connectivity index (χ2n) is 3.77. The van der Waals surface area contributed by atoms with E-state index in [1.807, 2.05) is 0 Å². The van der Waals surface area contributed by atoms with Crippen LogP contribution in [0.25, 0.3) is 0 Å². The number of hydrogen-bond acceptors (Lipinski definition) is 4. The van der Waals surface area contributed by atoms with Crippen molar-refractivity contribution in [3.63, 3.8) is 0 Å². The highest BCUT2D eigenvalue weighted by Crippen LogP contribution is 2.03. The van der Waals surface area contributed by atoms with Crippen molar-refractivity contribution in [2.75, 3.05) is 0 Å². The first kappa shape index (κ1) is 11.3. The quantitative estimate of drug-likeness (QED) is 0.666. The monoisotopic (exact) mass is 233 g/mol. The third-order valence-electron chi connectivity index (χ3n) is 2.39. The maximum absolute atomic E-state index is 11.6. The molecule has 88 valence electrons. The van der Waals surface area contributed by atoms with E-state index in [2.05, 4.69) is 15.6 Å². The maximum atomic E-state index is 11.6. The van der Waals surface area contributed by atoms with Crippen LogP contribution in [0.5, 0.6) is 0 Å². The van der Waals surface area contributed by atoms with E-state index in [-0.39, 0.29) is 24.7 Å². The molecular formula is C11H11N3O3. The number of nitrogens with zero attached hydrogens (tertiary/aromatic N) is 1. The Bertz CT molecular complexity index is 458. The van der Waals surface area contributed by atoms with E-state index < -0.39 is 11.9 Å². The van der Waals surface area contributed by atoms with Crippen LogP contribution in [0.3, 0.4) is 0 Å². The van der Waals surface area contributed by atoms with Crippen molar-refractivity contribution in [2.24, 2.45) is 0 Å². The summed E-state index contributed by atoms with van der Waals surface area (Å²) in [6.45, 7) is 0. The zero-order chi connectivity index (χ0) is 12.3. The van der Waals surface area contributed by atoms with Crippen LogP contribution >= 0.6 is 0 Å². The van der Waals surface area contributed by atoms with Gasteiger partial charge in [0.2, 0.25) is 17.7 Å². The number of rotatable bonds is 3. The van der Waals surface area contributed by atoms with Crippen molar-refractivity contribution in [3.05, 3.63) is 30.1 Å². The molecule has 1 aromatic heterocycles. The number of pyridine rings is 1. The Balaban J connectivity index is 1.90. The number of hydrogen-bond donors (Lipinski definition) is 2. The second kappa shape index (κ2) is 4.73. The van der Waals surface area contributed by atoms with E-state index in [1.54, 1.807) is 24.5 Å². The third kappa shape index (κ3) is 2.87. The Hall–Kier alpha value is -2.24. The maximum Gasteiger partial charge on any atom is 0.249 e. The lowest BCUT2D eigenvalue weighted by molar-refractivity contribution is -0.128. The largest absolute Gasteiger partial charge is 0.343 e. The van der Waals surface area contributed by atoms with Crippen LogP contribution in [-0.2, 0) is 20.8 Å². The van der Waals surface area contributed by atoms with E-state index in [0.29, 0.717) is 0 Å². The topological polar surface area (TPSA) is 88.2 Å². The molecule has 1 unspecified atom stereocenters. The molecule has 1 aliphatic heterocycles. The summed E-state index contributed by atoms with van der Waals surface area (Å²) < 4.78 is 0. The van der Waals surface area contributed by atoms with E-state index >= 15 is 0 Å². The van der Waals surface area contributed by atoms with Gasteiger partial charge in [0.15, 0.2) is 0 Å². The number of carbonyl (C=O) groups is 3. The van der Waals surface area contributed by atoms with Gasteiger partial charge in [0, 0.05) is 12.4 Å². The molecule has 3 amide bonds. The normalized spacial score (nSPS) is 18.9. The van der Waals surface area contributed by atoms with E-state index in [9.17, 15) is 14.4 Å². The molecule has 0 aromatic carbocycles. The fraction of sp³-hybridized carbons (Fsp3) is 0.273. The van der Waals surface area contributed by atoms with Crippen LogP contribution in [0.15, 0.2) is 24.5 Å². The molecule has 6 nitrogen and oxygen atoms in total. The predicted molar refractivity (Wildman–Crippen MR) is 57.6 cm³/mol. The highest BCUT2D eigenvalue weighted by molar-refractivity contribution is 6.06. The molecule has 1 aromatic rings. The molecule has 0 aliphatic carbocycles. The van der Waals surface area contributed by atoms with Gasteiger partial charge in [0.25, 0.3) is 0 Å². The minimum Gasteiger partial charge on any atom is -0.343 e. The summed E-state index contributed by atoms with van der Waals surface area (Å²) in [5.74, 6) is -1.11. The van der Waals surface area contributed by atoms with Crippen LogP contribution < -0.4 is 10.6 Å². The first-order valence-corrected chi connectivity index (χ1v) is 5.17. The van der Waals surface area contributed by atoms with Gasteiger partial charge in [-0.15, -0.1) is 0 Å². The SMILES string of the molecule is O=C1CC(NC(=O)Cc2cccnc2)C(=O)N1. The molecule has 0 saturated carbocycles. The van der Waals surface area contributed by atoms with Gasteiger partial charge in [-0.1, -0.05) is 6.07 Å². The summed E-state index contributed by atoms with van der Waals surface area (Å²) in [6.07, 6.45) is 3.35. The highest BCUT2D eigenvalue weighted by Gasteiger charge is 2.31. The van der Waals surface area contributed by atoms with Crippen LogP contribution in [0.4, 0.5) is 0 Å². The molecule has 1 atom stereocenters. The van der Waals surface area contributed by atoms with Gasteiger partial charge in [-0.25, -0.2) is 0 Å². The molecule has 2 heterocycles. The molecule has 2 N–H and O–H groups in total. The van der Waals surface area contributed by atoms with Gasteiger partial charge in [-0.05, 0) is 11.6 Å². The standard InChI is InChI=1S/C11H11N3O3/c15-9(4-7-2-1-3-12-6-7)13-8-5-10(16)14-11(8)17/h1-3,6,8H,4-5H2,(H,13,15)(H,14,16,17). The Labute approximate surface area is 97.4 Å². The average Bonchev–Trinajstić information content (AvgIpc) is 2.58. The summed E-state index contributed by atoms with van der Waals surface area (Å²) in [6, 6.07) is 2.76. The van der Waals surface area contributed by atoms with Crippen molar-refractivity contribution < 1.29 is 14.4 Å². The van der Waals surface area contributed by atoms with Crippen molar-refractivity contribution >= 4 is 17.7 Å². The van der Waals surface area contributed by atoms with Crippen LogP contribution in [0, 0.1) is 0 Å². The average molecular weight is 233 g/mol. The van der Waals surface area contributed by atoms with Gasteiger partial charge >= 0.3 is 0 Å². The fourth-order valence-corrected chi connectivity index (χ4v) is 1.60. The smallest absolute Gasteiger partial charge is 0.249 e. The number of carbonyl (C=O) groups excluding carboxylic acids is 3. The molecule has 1 saturated heterocycles. The zero-order valence-corrected chi connectivity index (χ0v) is 8.97. The molecule has 17 heavy (non-hydrogen) atoms. The Kier molecular flexibility index (Phi) is 3.13. The molecule has 0 spiro atoms. The molecule has 0 radical (unpaired) electrons. The first-order chi connectivity index (χ1) is 8.15. The Morgan fingerprint density at radius 2 is 2.35 bits per heavy atom. The lowest BCUT2D eigenvalue weighted by atomic mass is 10.2. The van der Waals surface area contributed by atoms with Crippen molar-refractivity contribution in [1.82, 2.24) is 15.6 Å². The first-order valence-electron chi connectivity index (χ1n) is 5.17. The third-order valence-corrected chi connectivity index (χ3v) is 2.39.